The minimum Gasteiger partial charge on any atom is -0.370 e. The molecule has 0 amide bonds. The van der Waals surface area contributed by atoms with Crippen molar-refractivity contribution < 1.29 is 9.64 Å². The van der Waals surface area contributed by atoms with E-state index in [0.29, 0.717) is 29.1 Å². The Balaban J connectivity index is 1.95. The topological polar surface area (TPSA) is 57.9 Å². The van der Waals surface area contributed by atoms with E-state index in [4.69, 9.17) is 17.0 Å². The van der Waals surface area contributed by atoms with Crippen LogP contribution in [0.15, 0.2) is 41.7 Å². The number of para-hydroxylation sites is 1. The number of hydrogen-bond acceptors (Lipinski definition) is 4. The highest BCUT2D eigenvalue weighted by molar-refractivity contribution is 7.71. The quantitative estimate of drug-likeness (QED) is 0.536. The number of quaternary nitrogens is 1. The van der Waals surface area contributed by atoms with Crippen molar-refractivity contribution in [2.24, 2.45) is 0 Å². The van der Waals surface area contributed by atoms with Crippen molar-refractivity contribution in [2.75, 3.05) is 26.3 Å². The maximum atomic E-state index is 12.8. The van der Waals surface area contributed by atoms with Gasteiger partial charge in [-0.05, 0) is 24.4 Å². The lowest BCUT2D eigenvalue weighted by Crippen LogP contribution is -3.13. The van der Waals surface area contributed by atoms with Gasteiger partial charge in [-0.2, -0.15) is 4.68 Å². The first-order valence-corrected chi connectivity index (χ1v) is 8.75. The molecule has 3 aromatic rings. The van der Waals surface area contributed by atoms with Crippen LogP contribution < -0.4 is 10.5 Å². The molecular formula is C17H20N5O2S+. The Morgan fingerprint density at radius 2 is 2.08 bits per heavy atom. The molecule has 0 radical (unpaired) electrons. The van der Waals surface area contributed by atoms with Crippen LogP contribution in [-0.2, 0) is 18.0 Å². The number of rotatable bonds is 4. The molecule has 0 atom stereocenters. The Kier molecular flexibility index (Phi) is 4.24. The second-order valence-electron chi connectivity index (χ2n) is 6.16. The molecule has 8 heteroatoms. The fourth-order valence-corrected chi connectivity index (χ4v) is 3.58. The second kappa shape index (κ2) is 6.55. The number of nitrogens with one attached hydrogen (secondary N) is 1. The lowest BCUT2D eigenvalue weighted by molar-refractivity contribution is -0.930. The fourth-order valence-electron chi connectivity index (χ4n) is 3.29. The van der Waals surface area contributed by atoms with Crippen molar-refractivity contribution in [1.29, 1.82) is 0 Å². The molecule has 2 aromatic heterocycles. The summed E-state index contributed by atoms with van der Waals surface area (Å²) in [5, 5.41) is 5.30. The maximum absolute atomic E-state index is 12.8. The van der Waals surface area contributed by atoms with Crippen LogP contribution in [0.2, 0.25) is 0 Å². The number of morpholine rings is 1. The van der Waals surface area contributed by atoms with Crippen molar-refractivity contribution in [2.45, 2.75) is 13.2 Å². The highest BCUT2D eigenvalue weighted by Gasteiger charge is 2.19. The second-order valence-corrected chi connectivity index (χ2v) is 6.52. The summed E-state index contributed by atoms with van der Waals surface area (Å²) < 4.78 is 11.3. The summed E-state index contributed by atoms with van der Waals surface area (Å²) in [6.07, 6.45) is 1.70. The zero-order chi connectivity index (χ0) is 17.4. The molecule has 130 valence electrons. The third-order valence-electron chi connectivity index (χ3n) is 4.57. The fraction of sp³-hybridized carbons (Fsp3) is 0.353. The summed E-state index contributed by atoms with van der Waals surface area (Å²) in [6, 6.07) is 7.50. The maximum Gasteiger partial charge on any atom is 0.263 e. The molecule has 0 spiro atoms. The molecular weight excluding hydrogens is 338 g/mol. The molecule has 1 fully saturated rings. The molecule has 25 heavy (non-hydrogen) atoms. The van der Waals surface area contributed by atoms with Gasteiger partial charge in [0.1, 0.15) is 13.1 Å². The van der Waals surface area contributed by atoms with E-state index in [0.717, 1.165) is 31.8 Å². The number of hydrogen-bond donors (Lipinski definition) is 1. The van der Waals surface area contributed by atoms with Gasteiger partial charge in [0.2, 0.25) is 10.5 Å². The third-order valence-corrected chi connectivity index (χ3v) is 4.96. The van der Waals surface area contributed by atoms with Crippen LogP contribution in [0.4, 0.5) is 0 Å². The van der Waals surface area contributed by atoms with E-state index in [-0.39, 0.29) is 5.56 Å². The summed E-state index contributed by atoms with van der Waals surface area (Å²) in [5.41, 5.74) is 0.713. The van der Waals surface area contributed by atoms with Gasteiger partial charge in [0.25, 0.3) is 5.56 Å². The first-order valence-electron chi connectivity index (χ1n) is 8.34. The largest absolute Gasteiger partial charge is 0.370 e. The Bertz CT molecular complexity index is 1060. The zero-order valence-corrected chi connectivity index (χ0v) is 14.7. The molecule has 1 saturated heterocycles. The Labute approximate surface area is 149 Å². The van der Waals surface area contributed by atoms with Crippen molar-refractivity contribution in [3.63, 3.8) is 0 Å². The Hall–Kier alpha value is -2.29. The highest BCUT2D eigenvalue weighted by Crippen LogP contribution is 2.13. The minimum atomic E-state index is -0.0751. The molecule has 0 unspecified atom stereocenters. The number of allylic oxidation sites excluding steroid dienone is 1. The normalized spacial score (nSPS) is 15.8. The van der Waals surface area contributed by atoms with Gasteiger partial charge >= 0.3 is 0 Å². The SMILES string of the molecule is C=CCn1c(=O)c2ccccc2n2c(=S)n(C[NH+]3CCOCC3)nc12. The van der Waals surface area contributed by atoms with Gasteiger partial charge in [-0.15, -0.1) is 11.7 Å². The van der Waals surface area contributed by atoms with Gasteiger partial charge in [-0.1, -0.05) is 18.2 Å². The molecule has 1 aliphatic rings. The summed E-state index contributed by atoms with van der Waals surface area (Å²) in [5.74, 6) is 0.557. The van der Waals surface area contributed by atoms with Gasteiger partial charge in [0.15, 0.2) is 6.67 Å². The molecule has 0 bridgehead atoms. The molecule has 1 N–H and O–H groups in total. The smallest absolute Gasteiger partial charge is 0.263 e. The Morgan fingerprint density at radius 3 is 2.84 bits per heavy atom. The molecule has 7 nitrogen and oxygen atoms in total. The number of benzene rings is 1. The third kappa shape index (κ3) is 2.72. The van der Waals surface area contributed by atoms with E-state index < -0.39 is 0 Å². The lowest BCUT2D eigenvalue weighted by Gasteiger charge is -2.23. The van der Waals surface area contributed by atoms with E-state index in [1.807, 2.05) is 33.3 Å². The van der Waals surface area contributed by atoms with E-state index in [9.17, 15) is 4.79 Å². The molecule has 0 saturated carbocycles. The van der Waals surface area contributed by atoms with Crippen molar-refractivity contribution in [3.8, 4) is 0 Å². The van der Waals surface area contributed by atoms with Crippen LogP contribution in [0.1, 0.15) is 0 Å². The van der Waals surface area contributed by atoms with Crippen LogP contribution in [-0.4, -0.2) is 45.1 Å². The number of nitrogens with zero attached hydrogens (tertiary/aromatic N) is 4. The predicted octanol–water partition coefficient (Wildman–Crippen LogP) is 0.239. The van der Waals surface area contributed by atoms with E-state index in [1.165, 1.54) is 4.90 Å². The van der Waals surface area contributed by atoms with Crippen LogP contribution in [0.25, 0.3) is 16.7 Å². The summed E-state index contributed by atoms with van der Waals surface area (Å²) in [6.45, 7) is 8.17. The average molecular weight is 358 g/mol. The van der Waals surface area contributed by atoms with Crippen LogP contribution in [0.3, 0.4) is 0 Å². The van der Waals surface area contributed by atoms with E-state index in [1.54, 1.807) is 10.6 Å². The first kappa shape index (κ1) is 16.2. The summed E-state index contributed by atoms with van der Waals surface area (Å²) in [4.78, 5) is 14.2. The molecule has 3 heterocycles. The van der Waals surface area contributed by atoms with Crippen LogP contribution in [0.5, 0.6) is 0 Å². The van der Waals surface area contributed by atoms with Gasteiger partial charge in [0.05, 0.1) is 24.1 Å². The Morgan fingerprint density at radius 1 is 1.32 bits per heavy atom. The minimum absolute atomic E-state index is 0.0751. The zero-order valence-electron chi connectivity index (χ0n) is 13.9. The van der Waals surface area contributed by atoms with E-state index in [2.05, 4.69) is 11.7 Å². The monoisotopic (exact) mass is 358 g/mol. The van der Waals surface area contributed by atoms with Gasteiger partial charge in [0, 0.05) is 6.54 Å². The van der Waals surface area contributed by atoms with Crippen molar-refractivity contribution in [3.05, 3.63) is 52.0 Å². The van der Waals surface area contributed by atoms with Crippen molar-refractivity contribution >= 4 is 28.9 Å². The number of aromatic nitrogens is 4. The summed E-state index contributed by atoms with van der Waals surface area (Å²) >= 11 is 5.69. The average Bonchev–Trinajstić information content (AvgIpc) is 2.96. The molecule has 4 rings (SSSR count). The highest BCUT2D eigenvalue weighted by atomic mass is 32.1. The lowest BCUT2D eigenvalue weighted by atomic mass is 10.2. The predicted molar refractivity (Wildman–Crippen MR) is 97.5 cm³/mol. The summed E-state index contributed by atoms with van der Waals surface area (Å²) in [7, 11) is 0. The van der Waals surface area contributed by atoms with Gasteiger partial charge < -0.3 is 9.64 Å². The first-order chi connectivity index (χ1) is 12.2. The van der Waals surface area contributed by atoms with E-state index >= 15 is 0 Å². The van der Waals surface area contributed by atoms with Gasteiger partial charge in [-0.25, -0.2) is 0 Å². The molecule has 1 aliphatic heterocycles. The number of ether oxygens (including phenoxy) is 1. The number of fused-ring (bicyclic) bond motifs is 3. The van der Waals surface area contributed by atoms with Crippen LogP contribution >= 0.6 is 12.2 Å². The van der Waals surface area contributed by atoms with Gasteiger partial charge in [-0.3, -0.25) is 13.8 Å². The standard InChI is InChI=1S/C17H19N5O2S/c1-2-7-20-15(23)13-5-3-4-6-14(13)22-16(20)18-21(17(22)25)12-19-8-10-24-11-9-19/h2-6H,1,7-12H2/p+1. The van der Waals surface area contributed by atoms with Crippen LogP contribution in [0, 0.1) is 4.77 Å². The van der Waals surface area contributed by atoms with Crippen molar-refractivity contribution in [1.82, 2.24) is 18.7 Å². The molecule has 1 aromatic carbocycles. The molecule has 0 aliphatic carbocycles.